The van der Waals surface area contributed by atoms with Crippen LogP contribution in [0.5, 0.6) is 0 Å². The lowest BCUT2D eigenvalue weighted by molar-refractivity contribution is 0.156. The van der Waals surface area contributed by atoms with Gasteiger partial charge in [0.25, 0.3) is 0 Å². The van der Waals surface area contributed by atoms with Crippen LogP contribution >= 0.6 is 0 Å². The van der Waals surface area contributed by atoms with Gasteiger partial charge in [-0.05, 0) is 36.2 Å². The van der Waals surface area contributed by atoms with Crippen LogP contribution in [0.4, 0.5) is 4.39 Å². The van der Waals surface area contributed by atoms with Gasteiger partial charge < -0.3 is 9.67 Å². The van der Waals surface area contributed by atoms with E-state index in [2.05, 4.69) is 11.5 Å². The second kappa shape index (κ2) is 6.92. The van der Waals surface area contributed by atoms with Crippen molar-refractivity contribution >= 4 is 11.0 Å². The predicted octanol–water partition coefficient (Wildman–Crippen LogP) is 4.25. The number of fused-ring (bicyclic) bond motifs is 1. The van der Waals surface area contributed by atoms with E-state index in [0.717, 1.165) is 36.1 Å². The molecule has 0 amide bonds. The van der Waals surface area contributed by atoms with E-state index in [9.17, 15) is 9.50 Å². The zero-order valence-corrected chi connectivity index (χ0v) is 13.2. The number of para-hydroxylation sites is 2. The number of nitrogens with zero attached hydrogens (tertiary/aromatic N) is 2. The van der Waals surface area contributed by atoms with E-state index in [1.54, 1.807) is 12.1 Å². The summed E-state index contributed by atoms with van der Waals surface area (Å²) >= 11 is 0. The van der Waals surface area contributed by atoms with Gasteiger partial charge in [0.2, 0.25) is 0 Å². The lowest BCUT2D eigenvalue weighted by atomic mass is 10.1. The highest BCUT2D eigenvalue weighted by Crippen LogP contribution is 2.22. The average molecular weight is 312 g/mol. The van der Waals surface area contributed by atoms with Crippen molar-refractivity contribution < 1.29 is 9.50 Å². The van der Waals surface area contributed by atoms with E-state index in [0.29, 0.717) is 12.1 Å². The van der Waals surface area contributed by atoms with Crippen molar-refractivity contribution in [1.82, 2.24) is 9.55 Å². The number of aliphatic hydroxyl groups excluding tert-OH is 1. The highest BCUT2D eigenvalue weighted by Gasteiger charge is 2.15. The number of hydrogen-bond donors (Lipinski definition) is 1. The minimum atomic E-state index is -0.686. The van der Waals surface area contributed by atoms with Gasteiger partial charge in [-0.3, -0.25) is 0 Å². The van der Waals surface area contributed by atoms with Crippen molar-refractivity contribution in [2.75, 3.05) is 0 Å². The van der Waals surface area contributed by atoms with E-state index in [4.69, 9.17) is 4.98 Å². The summed E-state index contributed by atoms with van der Waals surface area (Å²) in [5, 5.41) is 10.5. The van der Waals surface area contributed by atoms with Gasteiger partial charge in [-0.2, -0.15) is 0 Å². The maximum atomic E-state index is 13.0. The molecule has 4 heteroatoms. The number of unbranched alkanes of at least 4 members (excludes halogenated alkanes) is 1. The van der Waals surface area contributed by atoms with Gasteiger partial charge in [0.05, 0.1) is 23.7 Å². The minimum absolute atomic E-state index is 0.294. The van der Waals surface area contributed by atoms with Gasteiger partial charge in [-0.1, -0.05) is 37.6 Å². The standard InChI is InChI=1S/C19H21FN2O/c1-2-3-8-19-21-16-6-4-5-7-17(16)22(19)13-18(23)14-9-11-15(20)12-10-14/h4-7,9-12,18,23H,2-3,8,13H2,1H3/t18-/m1/s1. The summed E-state index contributed by atoms with van der Waals surface area (Å²) in [5.74, 6) is 0.701. The fraction of sp³-hybridized carbons (Fsp3) is 0.316. The summed E-state index contributed by atoms with van der Waals surface area (Å²) in [6.45, 7) is 2.57. The lowest BCUT2D eigenvalue weighted by Crippen LogP contribution is -2.12. The van der Waals surface area contributed by atoms with E-state index in [-0.39, 0.29) is 5.82 Å². The van der Waals surface area contributed by atoms with Crippen molar-refractivity contribution in [3.05, 3.63) is 65.7 Å². The quantitative estimate of drug-likeness (QED) is 0.739. The molecule has 0 aliphatic heterocycles. The normalized spacial score (nSPS) is 12.7. The maximum absolute atomic E-state index is 13.0. The summed E-state index contributed by atoms with van der Waals surface area (Å²) < 4.78 is 15.1. The summed E-state index contributed by atoms with van der Waals surface area (Å²) in [5.41, 5.74) is 2.69. The monoisotopic (exact) mass is 312 g/mol. The molecule has 0 saturated carbocycles. The van der Waals surface area contributed by atoms with Crippen LogP contribution in [0.3, 0.4) is 0 Å². The van der Waals surface area contributed by atoms with Crippen LogP contribution in [0.15, 0.2) is 48.5 Å². The zero-order chi connectivity index (χ0) is 16.2. The molecule has 23 heavy (non-hydrogen) atoms. The highest BCUT2D eigenvalue weighted by molar-refractivity contribution is 5.75. The Morgan fingerprint density at radius 2 is 1.87 bits per heavy atom. The molecule has 1 aromatic heterocycles. The molecule has 0 bridgehead atoms. The molecule has 3 nitrogen and oxygen atoms in total. The molecule has 0 spiro atoms. The summed E-state index contributed by atoms with van der Waals surface area (Å²) in [6.07, 6.45) is 2.37. The van der Waals surface area contributed by atoms with Gasteiger partial charge in [-0.25, -0.2) is 9.37 Å². The second-order valence-electron chi connectivity index (χ2n) is 5.80. The number of hydrogen-bond acceptors (Lipinski definition) is 2. The first-order chi connectivity index (χ1) is 11.2. The number of aliphatic hydroxyl groups is 1. The van der Waals surface area contributed by atoms with Crippen molar-refractivity contribution in [2.24, 2.45) is 0 Å². The molecule has 120 valence electrons. The second-order valence-corrected chi connectivity index (χ2v) is 5.80. The van der Waals surface area contributed by atoms with E-state index < -0.39 is 6.10 Å². The summed E-state index contributed by atoms with van der Waals surface area (Å²) in [4.78, 5) is 4.70. The summed E-state index contributed by atoms with van der Waals surface area (Å²) in [7, 11) is 0. The number of imidazole rings is 1. The number of benzene rings is 2. The Morgan fingerprint density at radius 3 is 2.61 bits per heavy atom. The Kier molecular flexibility index (Phi) is 4.72. The smallest absolute Gasteiger partial charge is 0.123 e. The van der Waals surface area contributed by atoms with Crippen LogP contribution in [0.25, 0.3) is 11.0 Å². The molecular formula is C19H21FN2O. The van der Waals surface area contributed by atoms with Crippen LogP contribution in [0, 0.1) is 5.82 Å². The zero-order valence-electron chi connectivity index (χ0n) is 13.2. The molecule has 3 rings (SSSR count). The van der Waals surface area contributed by atoms with Gasteiger partial charge in [0.1, 0.15) is 11.6 Å². The number of aromatic nitrogens is 2. The molecule has 0 fully saturated rings. The maximum Gasteiger partial charge on any atom is 0.123 e. The lowest BCUT2D eigenvalue weighted by Gasteiger charge is -2.15. The fourth-order valence-corrected chi connectivity index (χ4v) is 2.82. The minimum Gasteiger partial charge on any atom is -0.387 e. The van der Waals surface area contributed by atoms with Gasteiger partial charge in [0.15, 0.2) is 0 Å². The molecule has 0 unspecified atom stereocenters. The Morgan fingerprint density at radius 1 is 1.13 bits per heavy atom. The summed E-state index contributed by atoms with van der Waals surface area (Å²) in [6, 6.07) is 14.0. The van der Waals surface area contributed by atoms with Crippen LogP contribution in [-0.4, -0.2) is 14.7 Å². The van der Waals surface area contributed by atoms with Crippen LogP contribution < -0.4 is 0 Å². The largest absolute Gasteiger partial charge is 0.387 e. The molecule has 1 heterocycles. The SMILES string of the molecule is CCCCc1nc2ccccc2n1C[C@@H](O)c1ccc(F)cc1. The third-order valence-corrected chi connectivity index (χ3v) is 4.10. The molecular weight excluding hydrogens is 291 g/mol. The first-order valence-electron chi connectivity index (χ1n) is 8.06. The average Bonchev–Trinajstić information content (AvgIpc) is 2.91. The van der Waals surface area contributed by atoms with Crippen LogP contribution in [-0.2, 0) is 13.0 Å². The predicted molar refractivity (Wildman–Crippen MR) is 89.7 cm³/mol. The number of aryl methyl sites for hydroxylation is 1. The molecule has 0 saturated heterocycles. The topological polar surface area (TPSA) is 38.0 Å². The van der Waals surface area contributed by atoms with Crippen LogP contribution in [0.2, 0.25) is 0 Å². The van der Waals surface area contributed by atoms with Crippen LogP contribution in [0.1, 0.15) is 37.3 Å². The van der Waals surface area contributed by atoms with Crippen molar-refractivity contribution in [2.45, 2.75) is 38.8 Å². The van der Waals surface area contributed by atoms with Crippen molar-refractivity contribution in [1.29, 1.82) is 0 Å². The molecule has 1 N–H and O–H groups in total. The first kappa shape index (κ1) is 15.7. The highest BCUT2D eigenvalue weighted by atomic mass is 19.1. The Balaban J connectivity index is 1.92. The molecule has 1 atom stereocenters. The Bertz CT molecular complexity index is 780. The Labute approximate surface area is 135 Å². The van der Waals surface area contributed by atoms with Gasteiger partial charge in [-0.15, -0.1) is 0 Å². The third-order valence-electron chi connectivity index (χ3n) is 4.10. The molecule has 3 aromatic rings. The fourth-order valence-electron chi connectivity index (χ4n) is 2.82. The first-order valence-corrected chi connectivity index (χ1v) is 8.06. The third kappa shape index (κ3) is 3.42. The van der Waals surface area contributed by atoms with Crippen molar-refractivity contribution in [3.63, 3.8) is 0 Å². The van der Waals surface area contributed by atoms with Crippen molar-refractivity contribution in [3.8, 4) is 0 Å². The number of rotatable bonds is 6. The molecule has 0 radical (unpaired) electrons. The number of halogens is 1. The Hall–Kier alpha value is -2.20. The van der Waals surface area contributed by atoms with Gasteiger partial charge >= 0.3 is 0 Å². The van der Waals surface area contributed by atoms with Gasteiger partial charge in [0, 0.05) is 6.42 Å². The van der Waals surface area contributed by atoms with E-state index in [1.165, 1.54) is 12.1 Å². The molecule has 2 aromatic carbocycles. The molecule has 0 aliphatic rings. The van der Waals surface area contributed by atoms with E-state index in [1.807, 2.05) is 24.3 Å². The molecule has 0 aliphatic carbocycles. The van der Waals surface area contributed by atoms with E-state index >= 15 is 0 Å².